The van der Waals surface area contributed by atoms with Crippen LogP contribution in [0.15, 0.2) is 6.07 Å². The number of rotatable bonds is 0. The molecule has 0 aliphatic heterocycles. The Morgan fingerprint density at radius 3 is 1.31 bits per heavy atom. The van der Waals surface area contributed by atoms with Crippen LogP contribution in [0, 0.1) is 62.3 Å². The number of anilines is 2. The summed E-state index contributed by atoms with van der Waals surface area (Å²) in [6.07, 6.45) is 0. The summed E-state index contributed by atoms with van der Waals surface area (Å²) in [6, 6.07) is 2.19. The predicted molar refractivity (Wildman–Crippen MR) is 130 cm³/mol. The average Bonchev–Trinajstić information content (AvgIpc) is 2.69. The highest BCUT2D eigenvalue weighted by Gasteiger charge is 2.22. The molecule has 29 heavy (non-hydrogen) atoms. The second-order valence-corrected chi connectivity index (χ2v) is 8.93. The fourth-order valence-corrected chi connectivity index (χ4v) is 5.32. The van der Waals surface area contributed by atoms with Crippen molar-refractivity contribution in [1.82, 2.24) is 0 Å². The van der Waals surface area contributed by atoms with Gasteiger partial charge >= 0.3 is 0 Å². The van der Waals surface area contributed by atoms with Crippen molar-refractivity contribution >= 4 is 43.7 Å². The van der Waals surface area contributed by atoms with E-state index in [1.807, 2.05) is 0 Å². The van der Waals surface area contributed by atoms with Gasteiger partial charge in [0.05, 0.1) is 0 Å². The van der Waals surface area contributed by atoms with E-state index in [2.05, 4.69) is 68.4 Å². The summed E-state index contributed by atoms with van der Waals surface area (Å²) >= 11 is 0. The first-order chi connectivity index (χ1) is 13.5. The third kappa shape index (κ3) is 2.29. The molecule has 4 aromatic rings. The van der Waals surface area contributed by atoms with Crippen molar-refractivity contribution in [1.29, 1.82) is 0 Å². The zero-order chi connectivity index (χ0) is 21.5. The van der Waals surface area contributed by atoms with Crippen molar-refractivity contribution in [3.05, 3.63) is 56.1 Å². The fourth-order valence-electron chi connectivity index (χ4n) is 5.32. The minimum Gasteiger partial charge on any atom is -0.398 e. The van der Waals surface area contributed by atoms with E-state index in [-0.39, 0.29) is 0 Å². The van der Waals surface area contributed by atoms with E-state index in [1.54, 1.807) is 0 Å². The normalized spacial score (nSPS) is 11.9. The Bertz CT molecular complexity index is 1390. The van der Waals surface area contributed by atoms with Crippen LogP contribution in [0.3, 0.4) is 0 Å². The number of nitrogen functional groups attached to an aromatic ring is 2. The molecule has 0 aliphatic carbocycles. The molecule has 0 saturated carbocycles. The minimum absolute atomic E-state index is 0.858. The predicted octanol–water partition coefficient (Wildman–Crippen LogP) is 7.09. The van der Waals surface area contributed by atoms with E-state index in [9.17, 15) is 0 Å². The maximum Gasteiger partial charge on any atom is 0.0433 e. The first kappa shape index (κ1) is 19.6. The molecule has 0 fully saturated rings. The van der Waals surface area contributed by atoms with Crippen LogP contribution >= 0.6 is 0 Å². The van der Waals surface area contributed by atoms with Crippen molar-refractivity contribution in [3.8, 4) is 0 Å². The molecule has 0 saturated heterocycles. The Morgan fingerprint density at radius 2 is 0.793 bits per heavy atom. The zero-order valence-electron chi connectivity index (χ0n) is 19.2. The topological polar surface area (TPSA) is 52.0 Å². The molecule has 4 N–H and O–H groups in total. The van der Waals surface area contributed by atoms with E-state index < -0.39 is 0 Å². The van der Waals surface area contributed by atoms with E-state index in [0.29, 0.717) is 0 Å². The van der Waals surface area contributed by atoms with Crippen molar-refractivity contribution in [3.63, 3.8) is 0 Å². The van der Waals surface area contributed by atoms with Gasteiger partial charge in [-0.15, -0.1) is 0 Å². The molecular formula is C27H32N2. The number of aryl methyl sites for hydroxylation is 5. The van der Waals surface area contributed by atoms with Crippen molar-refractivity contribution in [2.24, 2.45) is 0 Å². The van der Waals surface area contributed by atoms with Gasteiger partial charge in [0, 0.05) is 22.1 Å². The summed E-state index contributed by atoms with van der Waals surface area (Å²) in [6.45, 7) is 19.8. The van der Waals surface area contributed by atoms with Crippen molar-refractivity contribution in [2.75, 3.05) is 11.5 Å². The van der Waals surface area contributed by atoms with Crippen LogP contribution in [0.25, 0.3) is 32.3 Å². The molecule has 4 aromatic carbocycles. The molecular weight excluding hydrogens is 352 g/mol. The third-order valence-corrected chi connectivity index (χ3v) is 7.80. The number of benzene rings is 4. The molecule has 150 valence electrons. The molecule has 0 aliphatic rings. The molecule has 0 unspecified atom stereocenters. The quantitative estimate of drug-likeness (QED) is 0.251. The largest absolute Gasteiger partial charge is 0.398 e. The van der Waals surface area contributed by atoms with Crippen LogP contribution in [-0.2, 0) is 0 Å². The van der Waals surface area contributed by atoms with Crippen molar-refractivity contribution in [2.45, 2.75) is 62.3 Å². The maximum absolute atomic E-state index is 6.83. The number of hydrogen-bond acceptors (Lipinski definition) is 2. The number of fused-ring (bicyclic) bond motifs is 5. The van der Waals surface area contributed by atoms with Gasteiger partial charge in [0.1, 0.15) is 0 Å². The Kier molecular flexibility index (Phi) is 4.13. The molecule has 0 bridgehead atoms. The van der Waals surface area contributed by atoms with Gasteiger partial charge in [0.15, 0.2) is 0 Å². The lowest BCUT2D eigenvalue weighted by Gasteiger charge is -2.23. The highest BCUT2D eigenvalue weighted by atomic mass is 14.6. The summed E-state index contributed by atoms with van der Waals surface area (Å²) in [7, 11) is 0. The van der Waals surface area contributed by atoms with Gasteiger partial charge in [0.25, 0.3) is 0 Å². The highest BCUT2D eigenvalue weighted by molar-refractivity contribution is 6.27. The number of nitrogens with two attached hydrogens (primary N) is 2. The van der Waals surface area contributed by atoms with Crippen LogP contribution < -0.4 is 11.5 Å². The third-order valence-electron chi connectivity index (χ3n) is 7.80. The van der Waals surface area contributed by atoms with Gasteiger partial charge in [-0.25, -0.2) is 0 Å². The first-order valence-corrected chi connectivity index (χ1v) is 10.4. The van der Waals surface area contributed by atoms with Crippen molar-refractivity contribution < 1.29 is 0 Å². The van der Waals surface area contributed by atoms with Crippen LogP contribution in [0.4, 0.5) is 11.4 Å². The van der Waals surface area contributed by atoms with E-state index >= 15 is 0 Å². The van der Waals surface area contributed by atoms with Gasteiger partial charge in [-0.2, -0.15) is 0 Å². The monoisotopic (exact) mass is 384 g/mol. The molecule has 0 atom stereocenters. The molecule has 0 spiro atoms. The van der Waals surface area contributed by atoms with E-state index in [1.165, 1.54) is 76.8 Å². The lowest BCUT2D eigenvalue weighted by molar-refractivity contribution is 1.25. The van der Waals surface area contributed by atoms with Gasteiger partial charge in [-0.05, 0) is 140 Å². The Balaban J connectivity index is 2.50. The molecule has 2 nitrogen and oxygen atoms in total. The Labute approximate surface area is 173 Å². The lowest BCUT2D eigenvalue weighted by Crippen LogP contribution is -2.04. The van der Waals surface area contributed by atoms with Crippen LogP contribution in [0.5, 0.6) is 0 Å². The molecule has 0 heterocycles. The van der Waals surface area contributed by atoms with E-state index in [0.717, 1.165) is 16.9 Å². The minimum atomic E-state index is 0.858. The molecule has 0 radical (unpaired) electrons. The lowest BCUT2D eigenvalue weighted by atomic mass is 9.82. The standard InChI is InChI=1S/C27H32N2/c1-11-14(4)18(8)26-22(15(11)5)20-10-21(28)24-16(6)12(2)13(3)17(7)25(24)23(20)19(9)27(26)29/h10H,28-29H2,1-9H3. The molecule has 0 amide bonds. The second kappa shape index (κ2) is 6.13. The molecule has 2 heteroatoms. The number of hydrogen-bond donors (Lipinski definition) is 2. The molecule has 0 aromatic heterocycles. The van der Waals surface area contributed by atoms with E-state index in [4.69, 9.17) is 11.5 Å². The van der Waals surface area contributed by atoms with Gasteiger partial charge in [0.2, 0.25) is 0 Å². The van der Waals surface area contributed by atoms with Crippen LogP contribution in [-0.4, -0.2) is 0 Å². The Morgan fingerprint density at radius 1 is 0.414 bits per heavy atom. The maximum atomic E-state index is 6.83. The second-order valence-electron chi connectivity index (χ2n) is 8.93. The molecule has 4 rings (SSSR count). The van der Waals surface area contributed by atoms with Crippen LogP contribution in [0.2, 0.25) is 0 Å². The van der Waals surface area contributed by atoms with Crippen LogP contribution in [0.1, 0.15) is 50.1 Å². The SMILES string of the molecule is Cc1c(C)c(C)c2c(c1C)c(N)c(C)c1c2cc(N)c2c(C)c(C)c(C)c(C)c21. The summed E-state index contributed by atoms with van der Waals surface area (Å²) in [4.78, 5) is 0. The van der Waals surface area contributed by atoms with Gasteiger partial charge < -0.3 is 11.5 Å². The average molecular weight is 385 g/mol. The smallest absolute Gasteiger partial charge is 0.0433 e. The summed E-state index contributed by atoms with van der Waals surface area (Å²) in [5.41, 5.74) is 26.9. The van der Waals surface area contributed by atoms with Gasteiger partial charge in [-0.1, -0.05) is 0 Å². The van der Waals surface area contributed by atoms with Gasteiger partial charge in [-0.3, -0.25) is 0 Å². The zero-order valence-corrected chi connectivity index (χ0v) is 19.2. The Hall–Kier alpha value is -2.74. The summed E-state index contributed by atoms with van der Waals surface area (Å²) in [5, 5.41) is 7.38. The summed E-state index contributed by atoms with van der Waals surface area (Å²) in [5.74, 6) is 0. The first-order valence-electron chi connectivity index (χ1n) is 10.4. The summed E-state index contributed by atoms with van der Waals surface area (Å²) < 4.78 is 0. The highest BCUT2D eigenvalue weighted by Crippen LogP contribution is 2.46. The fraction of sp³-hybridized carbons (Fsp3) is 0.333.